The van der Waals surface area contributed by atoms with Crippen molar-refractivity contribution in [1.82, 2.24) is 4.90 Å². The van der Waals surface area contributed by atoms with E-state index in [2.05, 4.69) is 0 Å². The van der Waals surface area contributed by atoms with E-state index >= 15 is 0 Å². The maximum Gasteiger partial charge on any atom is 0.328 e. The number of imide groups is 1. The Hall–Kier alpha value is -3.94. The van der Waals surface area contributed by atoms with Gasteiger partial charge in [-0.15, -0.1) is 0 Å². The minimum atomic E-state index is -1.27. The normalized spacial score (nSPS) is 16.0. The number of methoxy groups -OCH3 is 1. The zero-order valence-electron chi connectivity index (χ0n) is 16.9. The smallest absolute Gasteiger partial charge is 0.328 e. The summed E-state index contributed by atoms with van der Waals surface area (Å²) in [5.74, 6) is -2.29. The van der Waals surface area contributed by atoms with Crippen LogP contribution in [-0.2, 0) is 25.6 Å². The number of ether oxygens (including phenoxy) is 1. The van der Waals surface area contributed by atoms with Gasteiger partial charge in [0.2, 0.25) is 11.8 Å². The quantitative estimate of drug-likeness (QED) is 0.516. The molecule has 0 unspecified atom stereocenters. The Bertz CT molecular complexity index is 1000. The number of benzene rings is 2. The second-order valence-electron chi connectivity index (χ2n) is 6.92. The SMILES string of the molecule is COc1ccc(N2C(=O)C[C@H](N(CCc3ccccc3)C(=O)/C=C\C(=O)O)C2=O)cc1. The molecule has 0 bridgehead atoms. The molecule has 3 amide bonds. The average Bonchev–Trinajstić information content (AvgIpc) is 3.07. The van der Waals surface area contributed by atoms with Crippen LogP contribution in [0.25, 0.3) is 0 Å². The highest BCUT2D eigenvalue weighted by Crippen LogP contribution is 2.27. The number of aliphatic carboxylic acids is 1. The zero-order valence-corrected chi connectivity index (χ0v) is 16.9. The third-order valence-corrected chi connectivity index (χ3v) is 4.97. The molecule has 1 aliphatic heterocycles. The van der Waals surface area contributed by atoms with Crippen molar-refractivity contribution < 1.29 is 29.0 Å². The van der Waals surface area contributed by atoms with Crippen molar-refractivity contribution in [3.8, 4) is 5.75 Å². The number of carboxylic acids is 1. The molecule has 2 aromatic rings. The van der Waals surface area contributed by atoms with E-state index in [1.165, 1.54) is 12.0 Å². The minimum absolute atomic E-state index is 0.160. The third kappa shape index (κ3) is 5.16. The fourth-order valence-corrected chi connectivity index (χ4v) is 3.41. The first-order chi connectivity index (χ1) is 14.9. The highest BCUT2D eigenvalue weighted by molar-refractivity contribution is 6.23. The molecule has 0 spiro atoms. The fourth-order valence-electron chi connectivity index (χ4n) is 3.41. The molecule has 31 heavy (non-hydrogen) atoms. The molecule has 8 nitrogen and oxygen atoms in total. The second-order valence-corrected chi connectivity index (χ2v) is 6.92. The largest absolute Gasteiger partial charge is 0.497 e. The Kier molecular flexibility index (Phi) is 6.81. The van der Waals surface area contributed by atoms with Crippen molar-refractivity contribution in [2.45, 2.75) is 18.9 Å². The Labute approximate surface area is 179 Å². The lowest BCUT2D eigenvalue weighted by atomic mass is 10.1. The van der Waals surface area contributed by atoms with E-state index in [1.54, 1.807) is 24.3 Å². The highest BCUT2D eigenvalue weighted by atomic mass is 16.5. The molecule has 0 radical (unpaired) electrons. The van der Waals surface area contributed by atoms with Crippen molar-refractivity contribution in [2.75, 3.05) is 18.6 Å². The topological polar surface area (TPSA) is 104 Å². The van der Waals surface area contributed by atoms with Gasteiger partial charge in [-0.3, -0.25) is 14.4 Å². The summed E-state index contributed by atoms with van der Waals surface area (Å²) >= 11 is 0. The maximum atomic E-state index is 13.1. The number of carbonyl (C=O) groups is 4. The molecule has 0 aliphatic carbocycles. The number of hydrogen-bond acceptors (Lipinski definition) is 5. The van der Waals surface area contributed by atoms with Crippen LogP contribution in [0.15, 0.2) is 66.7 Å². The maximum absolute atomic E-state index is 13.1. The highest BCUT2D eigenvalue weighted by Gasteiger charge is 2.43. The molecule has 1 aliphatic rings. The van der Waals surface area contributed by atoms with Crippen molar-refractivity contribution in [3.63, 3.8) is 0 Å². The van der Waals surface area contributed by atoms with E-state index in [0.717, 1.165) is 22.6 Å². The van der Waals surface area contributed by atoms with E-state index in [1.807, 2.05) is 30.3 Å². The van der Waals surface area contributed by atoms with Gasteiger partial charge in [0.05, 0.1) is 19.2 Å². The lowest BCUT2D eigenvalue weighted by Gasteiger charge is -2.26. The van der Waals surface area contributed by atoms with Gasteiger partial charge >= 0.3 is 5.97 Å². The predicted octanol–water partition coefficient (Wildman–Crippen LogP) is 2.04. The number of amides is 3. The Morgan fingerprint density at radius 3 is 2.39 bits per heavy atom. The van der Waals surface area contributed by atoms with Crippen LogP contribution in [0.1, 0.15) is 12.0 Å². The van der Waals surface area contributed by atoms with Gasteiger partial charge in [-0.25, -0.2) is 9.69 Å². The summed E-state index contributed by atoms with van der Waals surface area (Å²) in [5, 5.41) is 8.85. The zero-order chi connectivity index (χ0) is 22.4. The first kappa shape index (κ1) is 21.8. The Morgan fingerprint density at radius 2 is 1.77 bits per heavy atom. The van der Waals surface area contributed by atoms with Crippen LogP contribution in [-0.4, -0.2) is 53.4 Å². The first-order valence-corrected chi connectivity index (χ1v) is 9.67. The molecular weight excluding hydrogens is 400 g/mol. The summed E-state index contributed by atoms with van der Waals surface area (Å²) in [6.45, 7) is 0.160. The van der Waals surface area contributed by atoms with Gasteiger partial charge in [-0.05, 0) is 36.2 Å². The third-order valence-electron chi connectivity index (χ3n) is 4.97. The predicted molar refractivity (Wildman–Crippen MR) is 113 cm³/mol. The number of nitrogens with zero attached hydrogens (tertiary/aromatic N) is 2. The van der Waals surface area contributed by atoms with Gasteiger partial charge in [-0.1, -0.05) is 30.3 Å². The lowest BCUT2D eigenvalue weighted by Crippen LogP contribution is -2.45. The van der Waals surface area contributed by atoms with E-state index in [4.69, 9.17) is 9.84 Å². The summed E-state index contributed by atoms with van der Waals surface area (Å²) in [6.07, 6.45) is 1.90. The van der Waals surface area contributed by atoms with Crippen LogP contribution in [0.3, 0.4) is 0 Å². The Balaban J connectivity index is 1.84. The first-order valence-electron chi connectivity index (χ1n) is 9.67. The summed E-state index contributed by atoms with van der Waals surface area (Å²) in [4.78, 5) is 51.6. The molecule has 1 N–H and O–H groups in total. The van der Waals surface area contributed by atoms with E-state index in [0.29, 0.717) is 17.9 Å². The molecule has 1 heterocycles. The van der Waals surface area contributed by atoms with E-state index in [-0.39, 0.29) is 13.0 Å². The van der Waals surface area contributed by atoms with Crippen LogP contribution >= 0.6 is 0 Å². The lowest BCUT2D eigenvalue weighted by molar-refractivity contribution is -0.135. The number of carboxylic acid groups (broad SMARTS) is 1. The van der Waals surface area contributed by atoms with Gasteiger partial charge in [0.15, 0.2) is 0 Å². The van der Waals surface area contributed by atoms with Gasteiger partial charge < -0.3 is 14.7 Å². The minimum Gasteiger partial charge on any atom is -0.497 e. The van der Waals surface area contributed by atoms with Crippen LogP contribution < -0.4 is 9.64 Å². The second kappa shape index (κ2) is 9.71. The summed E-state index contributed by atoms with van der Waals surface area (Å²) in [5.41, 5.74) is 1.33. The standard InChI is InChI=1S/C23H22N2O6/c1-31-18-9-7-17(8-10-18)25-21(27)15-19(23(25)30)24(20(26)11-12-22(28)29)14-13-16-5-3-2-4-6-16/h2-12,19H,13-15H2,1H3,(H,28,29)/b12-11-/t19-/m0/s1. The number of anilines is 1. The van der Waals surface area contributed by atoms with Crippen molar-refractivity contribution in [2.24, 2.45) is 0 Å². The molecule has 0 aromatic heterocycles. The van der Waals surface area contributed by atoms with E-state index < -0.39 is 29.7 Å². The molecule has 2 aromatic carbocycles. The van der Waals surface area contributed by atoms with Gasteiger partial charge in [-0.2, -0.15) is 0 Å². The van der Waals surface area contributed by atoms with Crippen LogP contribution in [0.2, 0.25) is 0 Å². The van der Waals surface area contributed by atoms with Crippen LogP contribution in [0, 0.1) is 0 Å². The molecule has 0 saturated carbocycles. The van der Waals surface area contributed by atoms with E-state index in [9.17, 15) is 19.2 Å². The number of rotatable bonds is 8. The van der Waals surface area contributed by atoms with Crippen molar-refractivity contribution in [1.29, 1.82) is 0 Å². The summed E-state index contributed by atoms with van der Waals surface area (Å²) < 4.78 is 5.10. The Morgan fingerprint density at radius 1 is 1.10 bits per heavy atom. The molecule has 8 heteroatoms. The van der Waals surface area contributed by atoms with Crippen LogP contribution in [0.5, 0.6) is 5.75 Å². The molecule has 1 fully saturated rings. The molecular formula is C23H22N2O6. The molecule has 160 valence electrons. The average molecular weight is 422 g/mol. The summed E-state index contributed by atoms with van der Waals surface area (Å²) in [7, 11) is 1.51. The molecule has 3 rings (SSSR count). The van der Waals surface area contributed by atoms with Gasteiger partial charge in [0.1, 0.15) is 11.8 Å². The van der Waals surface area contributed by atoms with Crippen molar-refractivity contribution >= 4 is 29.4 Å². The summed E-state index contributed by atoms with van der Waals surface area (Å²) in [6, 6.07) is 14.8. The molecule has 1 atom stereocenters. The molecule has 1 saturated heterocycles. The van der Waals surface area contributed by atoms with Gasteiger partial charge in [0, 0.05) is 18.7 Å². The van der Waals surface area contributed by atoms with Gasteiger partial charge in [0.25, 0.3) is 5.91 Å². The fraction of sp³-hybridized carbons (Fsp3) is 0.217. The monoisotopic (exact) mass is 422 g/mol. The number of carbonyl (C=O) groups excluding carboxylic acids is 3. The number of hydrogen-bond donors (Lipinski definition) is 1. The van der Waals surface area contributed by atoms with Crippen molar-refractivity contribution in [3.05, 3.63) is 72.3 Å². The van der Waals surface area contributed by atoms with Crippen LogP contribution in [0.4, 0.5) is 5.69 Å².